The number of sulfonamides is 1. The van der Waals surface area contributed by atoms with Crippen LogP contribution < -0.4 is 15.4 Å². The second-order valence-electron chi connectivity index (χ2n) is 5.58. The Morgan fingerprint density at radius 2 is 2.04 bits per heavy atom. The quantitative estimate of drug-likeness (QED) is 0.307. The topological polar surface area (TPSA) is 130 Å². The van der Waals surface area contributed by atoms with E-state index in [2.05, 4.69) is 15.4 Å². The highest BCUT2D eigenvalue weighted by molar-refractivity contribution is 7.89. The van der Waals surface area contributed by atoms with Crippen LogP contribution >= 0.6 is 0 Å². The average Bonchev–Trinajstić information content (AvgIpc) is 3.36. The number of carbonyl (C=O) groups excluding carboxylic acids is 1. The van der Waals surface area contributed by atoms with E-state index >= 15 is 0 Å². The van der Waals surface area contributed by atoms with Gasteiger partial charge < -0.3 is 10.6 Å². The average molecular weight is 356 g/mol. The van der Waals surface area contributed by atoms with Gasteiger partial charge in [-0.2, -0.15) is 0 Å². The molecule has 1 fully saturated rings. The maximum Gasteiger partial charge on any atom is 0.270 e. The molecule has 1 saturated carbocycles. The number of nitro groups is 1. The summed E-state index contributed by atoms with van der Waals surface area (Å²) < 4.78 is 26.4. The van der Waals surface area contributed by atoms with Gasteiger partial charge in [-0.15, -0.1) is 0 Å². The van der Waals surface area contributed by atoms with E-state index in [0.29, 0.717) is 5.92 Å². The maximum absolute atomic E-state index is 12.0. The normalized spacial score (nSPS) is 14.3. The molecule has 0 heterocycles. The molecule has 3 N–H and O–H groups in total. The predicted octanol–water partition coefficient (Wildman–Crippen LogP) is -0.0111. The highest BCUT2D eigenvalue weighted by Crippen LogP contribution is 2.27. The number of rotatable bonds is 10. The van der Waals surface area contributed by atoms with Gasteiger partial charge in [0, 0.05) is 25.2 Å². The molecule has 9 nitrogen and oxygen atoms in total. The van der Waals surface area contributed by atoms with Crippen LogP contribution in [0.4, 0.5) is 5.69 Å². The third-order valence-electron chi connectivity index (χ3n) is 3.49. The molecule has 24 heavy (non-hydrogen) atoms. The molecule has 132 valence electrons. The number of nitrogens with zero attached hydrogens (tertiary/aromatic N) is 1. The van der Waals surface area contributed by atoms with Crippen LogP contribution in [0.25, 0.3) is 0 Å². The highest BCUT2D eigenvalue weighted by atomic mass is 32.2. The van der Waals surface area contributed by atoms with Crippen molar-refractivity contribution >= 4 is 21.6 Å². The zero-order valence-electron chi connectivity index (χ0n) is 13.0. The van der Waals surface area contributed by atoms with Crippen LogP contribution in [0.2, 0.25) is 0 Å². The third-order valence-corrected chi connectivity index (χ3v) is 4.95. The monoisotopic (exact) mass is 356 g/mol. The molecule has 0 atom stereocenters. The van der Waals surface area contributed by atoms with E-state index in [1.54, 1.807) is 0 Å². The zero-order valence-corrected chi connectivity index (χ0v) is 13.8. The molecule has 1 aromatic rings. The van der Waals surface area contributed by atoms with Crippen molar-refractivity contribution in [2.45, 2.75) is 17.7 Å². The molecule has 0 saturated heterocycles. The van der Waals surface area contributed by atoms with Crippen LogP contribution in [0, 0.1) is 16.0 Å². The van der Waals surface area contributed by atoms with Crippen molar-refractivity contribution in [2.24, 2.45) is 5.92 Å². The lowest BCUT2D eigenvalue weighted by atomic mass is 10.3. The van der Waals surface area contributed by atoms with Crippen molar-refractivity contribution in [2.75, 3.05) is 26.2 Å². The number of nitro benzene ring substituents is 1. The molecule has 1 amide bonds. The Morgan fingerprint density at radius 3 is 2.71 bits per heavy atom. The summed E-state index contributed by atoms with van der Waals surface area (Å²) >= 11 is 0. The summed E-state index contributed by atoms with van der Waals surface area (Å²) in [7, 11) is -3.86. The van der Waals surface area contributed by atoms with Gasteiger partial charge in [0.2, 0.25) is 15.9 Å². The first-order valence-electron chi connectivity index (χ1n) is 7.60. The van der Waals surface area contributed by atoms with Crippen LogP contribution in [0.5, 0.6) is 0 Å². The summed E-state index contributed by atoms with van der Waals surface area (Å²) in [4.78, 5) is 21.4. The number of nitrogens with one attached hydrogen (secondary N) is 3. The van der Waals surface area contributed by atoms with Crippen LogP contribution in [0.1, 0.15) is 12.8 Å². The van der Waals surface area contributed by atoms with Crippen LogP contribution in [-0.2, 0) is 14.8 Å². The molecule has 0 unspecified atom stereocenters. The lowest BCUT2D eigenvalue weighted by Crippen LogP contribution is -2.39. The summed E-state index contributed by atoms with van der Waals surface area (Å²) in [5.41, 5.74) is -0.298. The number of non-ortho nitro benzene ring substituents is 1. The lowest BCUT2D eigenvalue weighted by molar-refractivity contribution is -0.385. The maximum atomic E-state index is 12.0. The predicted molar refractivity (Wildman–Crippen MR) is 86.9 cm³/mol. The summed E-state index contributed by atoms with van der Waals surface area (Å²) in [6.45, 7) is 1.17. The van der Waals surface area contributed by atoms with E-state index in [0.717, 1.165) is 12.6 Å². The van der Waals surface area contributed by atoms with Gasteiger partial charge in [-0.1, -0.05) is 6.07 Å². The molecule has 0 aliphatic heterocycles. The van der Waals surface area contributed by atoms with Crippen molar-refractivity contribution in [3.8, 4) is 0 Å². The number of carbonyl (C=O) groups is 1. The standard InChI is InChI=1S/C14H20N4O5S/c19-14(10-15-9-11-4-5-11)16-6-7-17-24(22,23)13-3-1-2-12(8-13)18(20)21/h1-3,8,11,15,17H,4-7,9-10H2,(H,16,19). The first kappa shape index (κ1) is 18.3. The Bertz CT molecular complexity index is 703. The van der Waals surface area contributed by atoms with Gasteiger partial charge in [0.15, 0.2) is 0 Å². The molecule has 0 spiro atoms. The first-order chi connectivity index (χ1) is 11.4. The van der Waals surface area contributed by atoms with Gasteiger partial charge in [0.1, 0.15) is 0 Å². The van der Waals surface area contributed by atoms with Crippen molar-refractivity contribution < 1.29 is 18.1 Å². The minimum Gasteiger partial charge on any atom is -0.354 e. The number of benzene rings is 1. The van der Waals surface area contributed by atoms with Crippen LogP contribution in [-0.4, -0.2) is 45.4 Å². The zero-order chi connectivity index (χ0) is 17.6. The first-order valence-corrected chi connectivity index (χ1v) is 9.08. The Balaban J connectivity index is 1.72. The van der Waals surface area contributed by atoms with Gasteiger partial charge >= 0.3 is 0 Å². The van der Waals surface area contributed by atoms with Gasteiger partial charge in [-0.25, -0.2) is 13.1 Å². The van der Waals surface area contributed by atoms with Gasteiger partial charge in [-0.05, 0) is 31.4 Å². The number of hydrogen-bond donors (Lipinski definition) is 3. The SMILES string of the molecule is O=C(CNCC1CC1)NCCNS(=O)(=O)c1cccc([N+](=O)[O-])c1. The van der Waals surface area contributed by atoms with E-state index in [1.165, 1.54) is 31.0 Å². The molecule has 0 aromatic heterocycles. The van der Waals surface area contributed by atoms with E-state index in [9.17, 15) is 23.3 Å². The van der Waals surface area contributed by atoms with E-state index < -0.39 is 14.9 Å². The Morgan fingerprint density at radius 1 is 1.29 bits per heavy atom. The Labute approximate surface area is 140 Å². The largest absolute Gasteiger partial charge is 0.354 e. The minimum absolute atomic E-state index is 0.000605. The van der Waals surface area contributed by atoms with Crippen molar-refractivity contribution in [3.63, 3.8) is 0 Å². The molecule has 0 bridgehead atoms. The molecule has 0 radical (unpaired) electrons. The minimum atomic E-state index is -3.86. The highest BCUT2D eigenvalue weighted by Gasteiger charge is 2.20. The molecule has 1 aliphatic carbocycles. The molecule has 10 heteroatoms. The molecular formula is C14H20N4O5S. The van der Waals surface area contributed by atoms with E-state index in [4.69, 9.17) is 0 Å². The Kier molecular flexibility index (Phi) is 6.23. The van der Waals surface area contributed by atoms with Gasteiger partial charge in [0.05, 0.1) is 16.4 Å². The van der Waals surface area contributed by atoms with Crippen molar-refractivity contribution in [1.29, 1.82) is 0 Å². The number of hydrogen-bond acceptors (Lipinski definition) is 6. The fourth-order valence-electron chi connectivity index (χ4n) is 2.01. The van der Waals surface area contributed by atoms with Crippen molar-refractivity contribution in [3.05, 3.63) is 34.4 Å². The van der Waals surface area contributed by atoms with Crippen LogP contribution in [0.3, 0.4) is 0 Å². The summed E-state index contributed by atoms with van der Waals surface area (Å²) in [5, 5.41) is 16.3. The third kappa shape index (κ3) is 5.87. The molecule has 1 aromatic carbocycles. The fraction of sp³-hybridized carbons (Fsp3) is 0.500. The smallest absolute Gasteiger partial charge is 0.270 e. The second-order valence-corrected chi connectivity index (χ2v) is 7.34. The summed E-state index contributed by atoms with van der Waals surface area (Å²) in [6, 6.07) is 4.78. The fourth-order valence-corrected chi connectivity index (χ4v) is 3.08. The lowest BCUT2D eigenvalue weighted by Gasteiger charge is -2.08. The Hall–Kier alpha value is -2.04. The van der Waals surface area contributed by atoms with Crippen LogP contribution in [0.15, 0.2) is 29.2 Å². The summed E-state index contributed by atoms with van der Waals surface area (Å²) in [5.74, 6) is 0.477. The number of amides is 1. The molecule has 1 aliphatic rings. The van der Waals surface area contributed by atoms with Gasteiger partial charge in [-0.3, -0.25) is 14.9 Å². The second kappa shape index (κ2) is 8.18. The van der Waals surface area contributed by atoms with Gasteiger partial charge in [0.25, 0.3) is 5.69 Å². The van der Waals surface area contributed by atoms with Crippen molar-refractivity contribution in [1.82, 2.24) is 15.4 Å². The van der Waals surface area contributed by atoms with E-state index in [1.807, 2.05) is 0 Å². The molecule has 2 rings (SSSR count). The summed E-state index contributed by atoms with van der Waals surface area (Å²) in [6.07, 6.45) is 2.40. The molecular weight excluding hydrogens is 336 g/mol. The van der Waals surface area contributed by atoms with E-state index in [-0.39, 0.29) is 36.1 Å².